The average molecular weight is 784 g/mol. The first-order valence-corrected chi connectivity index (χ1v) is 18.7. The van der Waals surface area contributed by atoms with Gasteiger partial charge in [-0.3, -0.25) is 33.9 Å². The van der Waals surface area contributed by atoms with Gasteiger partial charge < -0.3 is 34.8 Å². The monoisotopic (exact) mass is 783 g/mol. The third-order valence-electron chi connectivity index (χ3n) is 10.0. The number of rotatable bonds is 12. The number of carbonyl (C=O) groups excluding carboxylic acids is 4. The van der Waals surface area contributed by atoms with Gasteiger partial charge in [0.05, 0.1) is 39.1 Å². The molecule has 0 aliphatic heterocycles. The van der Waals surface area contributed by atoms with Crippen molar-refractivity contribution in [3.8, 4) is 0 Å². The number of nitrogens with two attached hydrogens (primary N) is 2. The molecule has 0 saturated heterocycles. The fraction of sp³-hybridized carbons (Fsp3) is 0.244. The van der Waals surface area contributed by atoms with Crippen LogP contribution in [0, 0.1) is 27.7 Å². The Balaban J connectivity index is 1.22. The van der Waals surface area contributed by atoms with Crippen LogP contribution in [0.2, 0.25) is 0 Å². The summed E-state index contributed by atoms with van der Waals surface area (Å²) < 4.78 is 18.9. The Morgan fingerprint density at radius 1 is 0.672 bits per heavy atom. The number of hydrogen-bond acceptors (Lipinski definition) is 9. The number of carbonyl (C=O) groups is 4. The van der Waals surface area contributed by atoms with Crippen LogP contribution in [0.5, 0.6) is 0 Å². The van der Waals surface area contributed by atoms with Crippen molar-refractivity contribution in [1.82, 2.24) is 33.7 Å². The topological polar surface area (TPSA) is 229 Å². The van der Waals surface area contributed by atoms with Crippen LogP contribution in [0.4, 0.5) is 11.8 Å². The van der Waals surface area contributed by atoms with Crippen molar-refractivity contribution < 1.29 is 28.0 Å². The van der Waals surface area contributed by atoms with Crippen LogP contribution >= 0.6 is 0 Å². The second-order valence-electron chi connectivity index (χ2n) is 14.1. The summed E-state index contributed by atoms with van der Waals surface area (Å²) >= 11 is 0. The van der Waals surface area contributed by atoms with Gasteiger partial charge in [0.25, 0.3) is 23.6 Å². The molecule has 0 unspecified atom stereocenters. The van der Waals surface area contributed by atoms with Crippen molar-refractivity contribution in [2.45, 2.75) is 67.7 Å². The average Bonchev–Trinajstić information content (AvgIpc) is 4.02. The standard InChI is InChI=1S/C41H41N11O6/c1-7-51-30(13-20(3)47-51)39(55)45-32-18-24-17-27(37(42)53)35-25(15-22(5)57-35)33(24)49(32)11-9-10-12-50-34-26-16-23(6)58-36(26)28(38(43)54)19-29(34)44-41(50)46-40(56)31-14-21(4)48-52(31)8-2/h9-10,13-19H,7-8,11-12H2,1-6H3,(H2,42,53)(H2,43,54)(H,45,55)(H,44,46,56)/b10-9+. The molecule has 17 heteroatoms. The molecular weight excluding hydrogens is 743 g/mol. The quantitative estimate of drug-likeness (QED) is 0.105. The molecule has 296 valence electrons. The highest BCUT2D eigenvalue weighted by Crippen LogP contribution is 2.36. The Labute approximate surface area is 330 Å². The maximum atomic E-state index is 13.8. The summed E-state index contributed by atoms with van der Waals surface area (Å²) in [5.74, 6) is -0.249. The molecule has 0 aliphatic carbocycles. The van der Waals surface area contributed by atoms with Gasteiger partial charge in [0.15, 0.2) is 0 Å². The fourth-order valence-electron chi connectivity index (χ4n) is 7.62. The van der Waals surface area contributed by atoms with E-state index in [0.29, 0.717) is 91.6 Å². The van der Waals surface area contributed by atoms with E-state index in [2.05, 4.69) is 20.8 Å². The Morgan fingerprint density at radius 3 is 1.74 bits per heavy atom. The van der Waals surface area contributed by atoms with E-state index in [-0.39, 0.29) is 36.1 Å². The van der Waals surface area contributed by atoms with Gasteiger partial charge >= 0.3 is 0 Å². The Bertz CT molecular complexity index is 2830. The van der Waals surface area contributed by atoms with Crippen LogP contribution in [0.25, 0.3) is 43.9 Å². The zero-order valence-electron chi connectivity index (χ0n) is 32.8. The van der Waals surface area contributed by atoms with Crippen LogP contribution in [0.3, 0.4) is 0 Å². The van der Waals surface area contributed by atoms with Gasteiger partial charge in [-0.05, 0) is 84.0 Å². The highest BCUT2D eigenvalue weighted by atomic mass is 16.3. The summed E-state index contributed by atoms with van der Waals surface area (Å²) in [6, 6.07) is 12.1. The second-order valence-corrected chi connectivity index (χ2v) is 14.1. The van der Waals surface area contributed by atoms with Crippen LogP contribution in [-0.4, -0.2) is 57.3 Å². The number of allylic oxidation sites excluding steroid dienone is 2. The molecule has 4 amide bonds. The van der Waals surface area contributed by atoms with Gasteiger partial charge in [-0.1, -0.05) is 12.2 Å². The van der Waals surface area contributed by atoms with Crippen LogP contribution in [0.15, 0.2) is 63.5 Å². The van der Waals surface area contributed by atoms with E-state index in [4.69, 9.17) is 25.3 Å². The molecule has 0 saturated carbocycles. The lowest BCUT2D eigenvalue weighted by atomic mass is 10.1. The summed E-state index contributed by atoms with van der Waals surface area (Å²) in [5, 5.41) is 16.8. The molecule has 0 spiro atoms. The highest BCUT2D eigenvalue weighted by molar-refractivity contribution is 6.17. The summed E-state index contributed by atoms with van der Waals surface area (Å²) in [6.07, 6.45) is 3.82. The van der Waals surface area contributed by atoms with Crippen molar-refractivity contribution in [2.24, 2.45) is 11.5 Å². The normalized spacial score (nSPS) is 11.9. The molecule has 0 fully saturated rings. The predicted octanol–water partition coefficient (Wildman–Crippen LogP) is 6.11. The molecule has 17 nitrogen and oxygen atoms in total. The number of aromatic nitrogens is 7. The van der Waals surface area contributed by atoms with Gasteiger partial charge in [0.1, 0.15) is 39.9 Å². The molecule has 0 atom stereocenters. The highest BCUT2D eigenvalue weighted by Gasteiger charge is 2.25. The zero-order valence-corrected chi connectivity index (χ0v) is 32.8. The molecule has 6 heterocycles. The van der Waals surface area contributed by atoms with Crippen molar-refractivity contribution in [2.75, 3.05) is 10.6 Å². The van der Waals surface area contributed by atoms with E-state index in [9.17, 15) is 19.2 Å². The largest absolute Gasteiger partial charge is 0.460 e. The third kappa shape index (κ3) is 6.35. The SMILES string of the molecule is CCn1nc(C)cc1C(=O)Nc1cc2cc(C(N)=O)c3oc(C)cc3c2n1C/C=C/Cn1c(NC(=O)c2cc(C)nn2CC)nc2cc(C(N)=O)c3oc(C)cc3c21. The van der Waals surface area contributed by atoms with E-state index in [1.165, 1.54) is 0 Å². The van der Waals surface area contributed by atoms with Gasteiger partial charge in [0, 0.05) is 42.3 Å². The second kappa shape index (κ2) is 14.3. The smallest absolute Gasteiger partial charge is 0.276 e. The maximum absolute atomic E-state index is 13.8. The Morgan fingerprint density at radius 2 is 1.19 bits per heavy atom. The molecule has 0 radical (unpaired) electrons. The number of furan rings is 2. The molecule has 58 heavy (non-hydrogen) atoms. The van der Waals surface area contributed by atoms with E-state index >= 15 is 0 Å². The molecular formula is C41H41N11O6. The van der Waals surface area contributed by atoms with E-state index in [0.717, 1.165) is 5.52 Å². The van der Waals surface area contributed by atoms with Gasteiger partial charge in [-0.25, -0.2) is 4.98 Å². The minimum atomic E-state index is -0.676. The molecule has 6 N–H and O–H groups in total. The van der Waals surface area contributed by atoms with E-state index in [1.807, 2.05) is 55.0 Å². The number of fused-ring (bicyclic) bond motifs is 6. The van der Waals surface area contributed by atoms with E-state index < -0.39 is 17.7 Å². The Hall–Kier alpha value is -7.43. The third-order valence-corrected chi connectivity index (χ3v) is 10.0. The lowest BCUT2D eigenvalue weighted by molar-refractivity contribution is 0.0992. The minimum Gasteiger partial charge on any atom is -0.460 e. The van der Waals surface area contributed by atoms with Gasteiger partial charge in [-0.2, -0.15) is 10.2 Å². The van der Waals surface area contributed by atoms with Crippen LogP contribution in [-0.2, 0) is 26.2 Å². The number of aryl methyl sites for hydroxylation is 6. The summed E-state index contributed by atoms with van der Waals surface area (Å²) in [6.45, 7) is 12.5. The van der Waals surface area contributed by atoms with Crippen molar-refractivity contribution in [1.29, 1.82) is 0 Å². The Kier molecular flexibility index (Phi) is 9.22. The summed E-state index contributed by atoms with van der Waals surface area (Å²) in [5.41, 5.74) is 16.5. The first-order chi connectivity index (χ1) is 27.8. The van der Waals surface area contributed by atoms with Crippen molar-refractivity contribution in [3.05, 3.63) is 100 Å². The molecule has 0 aliphatic rings. The minimum absolute atomic E-state index is 0.167. The number of imidazole rings is 1. The number of benzene rings is 2. The number of nitrogens with zero attached hydrogens (tertiary/aromatic N) is 7. The molecule has 8 aromatic rings. The predicted molar refractivity (Wildman–Crippen MR) is 218 cm³/mol. The molecule has 0 bridgehead atoms. The van der Waals surface area contributed by atoms with Crippen LogP contribution < -0.4 is 22.1 Å². The maximum Gasteiger partial charge on any atom is 0.276 e. The number of amides is 4. The van der Waals surface area contributed by atoms with Crippen molar-refractivity contribution in [3.63, 3.8) is 0 Å². The van der Waals surface area contributed by atoms with Gasteiger partial charge in [0.2, 0.25) is 5.95 Å². The lowest BCUT2D eigenvalue weighted by Crippen LogP contribution is -2.20. The fourth-order valence-corrected chi connectivity index (χ4v) is 7.62. The summed E-state index contributed by atoms with van der Waals surface area (Å²) in [7, 11) is 0. The molecule has 6 aromatic heterocycles. The summed E-state index contributed by atoms with van der Waals surface area (Å²) in [4.78, 5) is 57.3. The van der Waals surface area contributed by atoms with E-state index in [1.54, 1.807) is 59.6 Å². The first kappa shape index (κ1) is 37.5. The lowest BCUT2D eigenvalue weighted by Gasteiger charge is -2.12. The molecule has 2 aromatic carbocycles. The number of hydrogen-bond donors (Lipinski definition) is 4. The van der Waals surface area contributed by atoms with Crippen molar-refractivity contribution >= 4 is 79.3 Å². The first-order valence-electron chi connectivity index (χ1n) is 18.7. The number of primary amides is 2. The number of nitrogens with one attached hydrogen (secondary N) is 2. The zero-order chi connectivity index (χ0) is 41.2. The number of anilines is 2. The van der Waals surface area contributed by atoms with Gasteiger partial charge in [-0.15, -0.1) is 0 Å². The van der Waals surface area contributed by atoms with Crippen LogP contribution in [0.1, 0.15) is 78.4 Å². The molecule has 8 rings (SSSR count).